The number of hydrogen-bond acceptors (Lipinski definition) is 3. The van der Waals surface area contributed by atoms with Crippen LogP contribution in [0.15, 0.2) is 12.2 Å². The third-order valence-corrected chi connectivity index (χ3v) is 2.23. The van der Waals surface area contributed by atoms with Gasteiger partial charge in [-0.05, 0) is 25.0 Å². The lowest BCUT2D eigenvalue weighted by Gasteiger charge is -2.04. The van der Waals surface area contributed by atoms with Crippen LogP contribution >= 0.6 is 0 Å². The van der Waals surface area contributed by atoms with Gasteiger partial charge in [-0.1, -0.05) is 6.42 Å². The minimum Gasteiger partial charge on any atom is -0.481 e. The van der Waals surface area contributed by atoms with Gasteiger partial charge < -0.3 is 5.11 Å². The molecule has 0 aliphatic heterocycles. The molecule has 0 heterocycles. The summed E-state index contributed by atoms with van der Waals surface area (Å²) in [7, 11) is 0. The molecule has 0 aromatic heterocycles. The molecule has 0 aromatic carbocycles. The molecule has 0 bridgehead atoms. The van der Waals surface area contributed by atoms with Gasteiger partial charge in [0.25, 0.3) is 0 Å². The second-order valence-electron chi connectivity index (χ2n) is 3.33. The lowest BCUT2D eigenvalue weighted by Crippen LogP contribution is -2.15. The van der Waals surface area contributed by atoms with E-state index in [1.807, 2.05) is 0 Å². The zero-order valence-electron chi connectivity index (χ0n) is 7.73. The third-order valence-electron chi connectivity index (χ3n) is 2.23. The Hall–Kier alpha value is -1.45. The minimum atomic E-state index is -0.841. The van der Waals surface area contributed by atoms with Crippen LogP contribution in [0.1, 0.15) is 25.7 Å². The molecule has 4 nitrogen and oxygen atoms in total. The Morgan fingerprint density at radius 2 is 1.79 bits per heavy atom. The van der Waals surface area contributed by atoms with Crippen LogP contribution in [-0.4, -0.2) is 22.6 Å². The van der Waals surface area contributed by atoms with Crippen molar-refractivity contribution in [3.8, 4) is 0 Å². The van der Waals surface area contributed by atoms with Crippen molar-refractivity contribution in [2.45, 2.75) is 25.7 Å². The first kappa shape index (κ1) is 10.6. The Labute approximate surface area is 81.6 Å². The van der Waals surface area contributed by atoms with E-state index in [0.29, 0.717) is 19.3 Å². The predicted octanol–water partition coefficient (Wildman–Crippen LogP) is 0.956. The van der Waals surface area contributed by atoms with Crippen LogP contribution in [0.25, 0.3) is 0 Å². The molecule has 1 N–H and O–H groups in total. The summed E-state index contributed by atoms with van der Waals surface area (Å²) in [6.45, 7) is 0. The van der Waals surface area contributed by atoms with Crippen molar-refractivity contribution in [1.29, 1.82) is 0 Å². The molecule has 4 heteroatoms. The van der Waals surface area contributed by atoms with Crippen LogP contribution in [0.3, 0.4) is 0 Å². The molecule has 76 valence electrons. The average molecular weight is 196 g/mol. The smallest absolute Gasteiger partial charge is 0.303 e. The Morgan fingerprint density at radius 3 is 2.29 bits per heavy atom. The lowest BCUT2D eigenvalue weighted by molar-refractivity contribution is -0.137. The van der Waals surface area contributed by atoms with Gasteiger partial charge in [0.2, 0.25) is 0 Å². The minimum absolute atomic E-state index is 0.0997. The summed E-state index contributed by atoms with van der Waals surface area (Å²) in [5, 5.41) is 8.36. The van der Waals surface area contributed by atoms with Crippen LogP contribution in [0.4, 0.5) is 0 Å². The number of carboxylic acids is 1. The Bertz CT molecular complexity index is 272. The number of hydrogen-bond donors (Lipinski definition) is 1. The highest BCUT2D eigenvalue weighted by molar-refractivity contribution is 6.18. The van der Waals surface area contributed by atoms with Gasteiger partial charge in [-0.15, -0.1) is 0 Å². The van der Waals surface area contributed by atoms with Crippen molar-refractivity contribution in [3.63, 3.8) is 0 Å². The third kappa shape index (κ3) is 2.80. The number of ketones is 2. The van der Waals surface area contributed by atoms with Gasteiger partial charge in [0.15, 0.2) is 11.6 Å². The molecule has 1 aliphatic carbocycles. The molecular formula is C10H12O4. The molecule has 0 spiro atoms. The van der Waals surface area contributed by atoms with E-state index in [1.54, 1.807) is 0 Å². The Kier molecular flexibility index (Phi) is 3.56. The second kappa shape index (κ2) is 4.69. The summed E-state index contributed by atoms with van der Waals surface area (Å²) in [6.07, 6.45) is 4.29. The Balaban J connectivity index is 2.22. The molecule has 0 radical (unpaired) electrons. The van der Waals surface area contributed by atoms with Gasteiger partial charge >= 0.3 is 5.97 Å². The number of carbonyl (C=O) groups is 3. The van der Waals surface area contributed by atoms with E-state index in [4.69, 9.17) is 5.11 Å². The summed E-state index contributed by atoms with van der Waals surface area (Å²) < 4.78 is 0. The van der Waals surface area contributed by atoms with Gasteiger partial charge in [0.1, 0.15) is 0 Å². The monoisotopic (exact) mass is 196 g/mol. The predicted molar refractivity (Wildman–Crippen MR) is 48.7 cm³/mol. The number of carboxylic acid groups (broad SMARTS) is 1. The van der Waals surface area contributed by atoms with Crippen LogP contribution < -0.4 is 0 Å². The van der Waals surface area contributed by atoms with Gasteiger partial charge in [-0.3, -0.25) is 14.4 Å². The molecule has 1 rings (SSSR count). The van der Waals surface area contributed by atoms with Gasteiger partial charge in [0, 0.05) is 6.42 Å². The number of rotatable bonds is 5. The van der Waals surface area contributed by atoms with E-state index in [9.17, 15) is 14.4 Å². The maximum Gasteiger partial charge on any atom is 0.303 e. The zero-order valence-corrected chi connectivity index (χ0v) is 7.73. The van der Waals surface area contributed by atoms with E-state index >= 15 is 0 Å². The summed E-state index contributed by atoms with van der Waals surface area (Å²) in [4.78, 5) is 32.4. The number of carbonyl (C=O) groups excluding carboxylic acids is 2. The molecule has 1 aliphatic rings. The molecule has 0 amide bonds. The first-order chi connectivity index (χ1) is 6.61. The SMILES string of the molecule is O=C(O)CCCCC1C(=O)C=CC1=O. The van der Waals surface area contributed by atoms with E-state index in [2.05, 4.69) is 0 Å². The van der Waals surface area contributed by atoms with Crippen molar-refractivity contribution in [1.82, 2.24) is 0 Å². The fraction of sp³-hybridized carbons (Fsp3) is 0.500. The largest absolute Gasteiger partial charge is 0.481 e. The standard InChI is InChI=1S/C10H12O4/c11-8-5-6-9(12)7(8)3-1-2-4-10(13)14/h5-7H,1-4H2,(H,13,14). The zero-order chi connectivity index (χ0) is 10.6. The fourth-order valence-electron chi connectivity index (χ4n) is 1.45. The van der Waals surface area contributed by atoms with E-state index < -0.39 is 11.9 Å². The first-order valence-electron chi connectivity index (χ1n) is 4.59. The normalized spacial score (nSPS) is 16.6. The first-order valence-corrected chi connectivity index (χ1v) is 4.59. The molecule has 0 saturated carbocycles. The van der Waals surface area contributed by atoms with E-state index in [0.717, 1.165) is 0 Å². The van der Waals surface area contributed by atoms with Gasteiger partial charge in [-0.25, -0.2) is 0 Å². The highest BCUT2D eigenvalue weighted by Crippen LogP contribution is 2.18. The summed E-state index contributed by atoms with van der Waals surface area (Å²) in [5.74, 6) is -1.67. The van der Waals surface area contributed by atoms with Crippen molar-refractivity contribution in [2.75, 3.05) is 0 Å². The summed E-state index contributed by atoms with van der Waals surface area (Å²) >= 11 is 0. The molecular weight excluding hydrogens is 184 g/mol. The second-order valence-corrected chi connectivity index (χ2v) is 3.33. The fourth-order valence-corrected chi connectivity index (χ4v) is 1.45. The van der Waals surface area contributed by atoms with Crippen molar-refractivity contribution in [3.05, 3.63) is 12.2 Å². The van der Waals surface area contributed by atoms with Crippen LogP contribution in [-0.2, 0) is 14.4 Å². The highest BCUT2D eigenvalue weighted by Gasteiger charge is 2.26. The topological polar surface area (TPSA) is 71.4 Å². The van der Waals surface area contributed by atoms with Gasteiger partial charge in [0.05, 0.1) is 5.92 Å². The molecule has 0 saturated heterocycles. The summed E-state index contributed by atoms with van der Waals surface area (Å²) in [5.41, 5.74) is 0. The number of aliphatic carboxylic acids is 1. The molecule has 0 fully saturated rings. The van der Waals surface area contributed by atoms with Crippen LogP contribution in [0.2, 0.25) is 0 Å². The van der Waals surface area contributed by atoms with Gasteiger partial charge in [-0.2, -0.15) is 0 Å². The van der Waals surface area contributed by atoms with Crippen molar-refractivity contribution >= 4 is 17.5 Å². The van der Waals surface area contributed by atoms with Crippen LogP contribution in [0.5, 0.6) is 0 Å². The Morgan fingerprint density at radius 1 is 1.21 bits per heavy atom. The van der Waals surface area contributed by atoms with Crippen molar-refractivity contribution < 1.29 is 19.5 Å². The van der Waals surface area contributed by atoms with Crippen molar-refractivity contribution in [2.24, 2.45) is 5.92 Å². The quantitative estimate of drug-likeness (QED) is 0.525. The van der Waals surface area contributed by atoms with E-state index in [1.165, 1.54) is 12.2 Å². The lowest BCUT2D eigenvalue weighted by atomic mass is 9.97. The maximum absolute atomic E-state index is 11.1. The average Bonchev–Trinajstić information content (AvgIpc) is 2.42. The highest BCUT2D eigenvalue weighted by atomic mass is 16.4. The number of unbranched alkanes of at least 4 members (excludes halogenated alkanes) is 1. The maximum atomic E-state index is 11.1. The number of allylic oxidation sites excluding steroid dienone is 2. The molecule has 0 aromatic rings. The molecule has 0 atom stereocenters. The molecule has 14 heavy (non-hydrogen) atoms. The molecule has 0 unspecified atom stereocenters. The summed E-state index contributed by atoms with van der Waals surface area (Å²) in [6, 6.07) is 0. The van der Waals surface area contributed by atoms with Crippen LogP contribution in [0, 0.1) is 5.92 Å². The van der Waals surface area contributed by atoms with E-state index in [-0.39, 0.29) is 18.0 Å².